The maximum atomic E-state index is 11.5. The van der Waals surface area contributed by atoms with E-state index in [4.69, 9.17) is 9.47 Å². The van der Waals surface area contributed by atoms with Crippen LogP contribution in [0.4, 0.5) is 0 Å². The highest BCUT2D eigenvalue weighted by Crippen LogP contribution is 1.98. The fourth-order valence-corrected chi connectivity index (χ4v) is 2.43. The Bertz CT molecular complexity index is 366. The molecule has 0 spiro atoms. The van der Waals surface area contributed by atoms with Crippen molar-refractivity contribution >= 4 is 11.8 Å². The van der Waals surface area contributed by atoms with Gasteiger partial charge in [-0.2, -0.15) is 0 Å². The van der Waals surface area contributed by atoms with E-state index in [0.717, 1.165) is 19.6 Å². The summed E-state index contributed by atoms with van der Waals surface area (Å²) in [6, 6.07) is 0. The van der Waals surface area contributed by atoms with Gasteiger partial charge in [-0.3, -0.25) is 14.5 Å². The molecule has 0 aromatic carbocycles. The van der Waals surface area contributed by atoms with Crippen molar-refractivity contribution in [2.75, 3.05) is 59.2 Å². The molecule has 7 nitrogen and oxygen atoms in total. The van der Waals surface area contributed by atoms with Gasteiger partial charge in [-0.25, -0.2) is 0 Å². The van der Waals surface area contributed by atoms with Crippen molar-refractivity contribution in [1.29, 1.82) is 0 Å². The number of carbonyl (C=O) groups excluding carboxylic acids is 2. The van der Waals surface area contributed by atoms with Crippen LogP contribution in [0, 0.1) is 11.8 Å². The number of rotatable bonds is 17. The van der Waals surface area contributed by atoms with Crippen LogP contribution < -0.4 is 10.6 Å². The normalized spacial score (nSPS) is 11.4. The van der Waals surface area contributed by atoms with Crippen molar-refractivity contribution in [2.45, 2.75) is 47.5 Å². The van der Waals surface area contributed by atoms with Gasteiger partial charge in [0.2, 0.25) is 11.8 Å². The Kier molecular flexibility index (Phi) is 16.2. The molecule has 0 heterocycles. The molecule has 0 aliphatic rings. The molecule has 0 aromatic rings. The molecule has 0 aromatic heterocycles. The van der Waals surface area contributed by atoms with Gasteiger partial charge in [-0.15, -0.1) is 0 Å². The Morgan fingerprint density at radius 2 is 1.22 bits per heavy atom. The van der Waals surface area contributed by atoms with E-state index in [9.17, 15) is 9.59 Å². The molecule has 2 N–H and O–H groups in total. The minimum absolute atomic E-state index is 0. The molecular weight excluding hydrogens is 346 g/mol. The summed E-state index contributed by atoms with van der Waals surface area (Å²) in [6.07, 6.45) is 1.12. The van der Waals surface area contributed by atoms with Crippen LogP contribution in [0.2, 0.25) is 0 Å². The molecule has 0 rings (SSSR count). The highest BCUT2D eigenvalue weighted by atomic mass is 16.5. The highest BCUT2D eigenvalue weighted by molar-refractivity contribution is 5.76. The summed E-state index contributed by atoms with van der Waals surface area (Å²) < 4.78 is 11.2. The molecule has 2 amide bonds. The van der Waals surface area contributed by atoms with Crippen molar-refractivity contribution < 1.29 is 21.9 Å². The predicted molar refractivity (Wildman–Crippen MR) is 113 cm³/mol. The minimum Gasteiger partial charge on any atom is -0.378 e. The van der Waals surface area contributed by atoms with Gasteiger partial charge in [0.25, 0.3) is 0 Å². The number of carbonyl (C=O) groups is 2. The third kappa shape index (κ3) is 18.0. The third-order valence-electron chi connectivity index (χ3n) is 3.88. The maximum absolute atomic E-state index is 11.5. The number of nitrogens with zero attached hydrogens (tertiary/aromatic N) is 1. The number of hydrogen-bond donors (Lipinski definition) is 2. The zero-order valence-corrected chi connectivity index (χ0v) is 18.0. The number of amides is 2. The van der Waals surface area contributed by atoms with Crippen molar-refractivity contribution in [3.05, 3.63) is 0 Å². The van der Waals surface area contributed by atoms with Crippen molar-refractivity contribution in [2.24, 2.45) is 11.8 Å². The molecule has 0 bridgehead atoms. The van der Waals surface area contributed by atoms with Gasteiger partial charge in [0, 0.05) is 41.9 Å². The molecule has 164 valence electrons. The average molecular weight is 392 g/mol. The van der Waals surface area contributed by atoms with E-state index in [1.807, 2.05) is 27.7 Å². The van der Waals surface area contributed by atoms with Crippen LogP contribution >= 0.6 is 0 Å². The summed E-state index contributed by atoms with van der Waals surface area (Å²) in [6.45, 7) is 16.3. The lowest BCUT2D eigenvalue weighted by atomic mass is 10.1. The summed E-state index contributed by atoms with van der Waals surface area (Å²) >= 11 is 0. The summed E-state index contributed by atoms with van der Waals surface area (Å²) in [4.78, 5) is 25.3. The Morgan fingerprint density at radius 3 is 1.56 bits per heavy atom. The van der Waals surface area contributed by atoms with Gasteiger partial charge in [0.1, 0.15) is 0 Å². The predicted octanol–water partition coefficient (Wildman–Crippen LogP) is 2.16. The fraction of sp³-hybridized carbons (Fsp3) is 0.900. The largest absolute Gasteiger partial charge is 0.378 e. The van der Waals surface area contributed by atoms with Crippen LogP contribution in [0.25, 0.3) is 0 Å². The van der Waals surface area contributed by atoms with Crippen LogP contribution in [0.5, 0.6) is 0 Å². The molecular formula is C20H45N3O4. The van der Waals surface area contributed by atoms with E-state index >= 15 is 0 Å². The van der Waals surface area contributed by atoms with Crippen LogP contribution in [0.1, 0.15) is 50.3 Å². The molecule has 0 atom stereocenters. The van der Waals surface area contributed by atoms with Gasteiger partial charge in [0.05, 0.1) is 26.4 Å². The monoisotopic (exact) mass is 391 g/mol. The molecule has 0 saturated heterocycles. The van der Waals surface area contributed by atoms with E-state index in [0.29, 0.717) is 64.2 Å². The molecule has 7 heteroatoms. The van der Waals surface area contributed by atoms with Crippen LogP contribution in [0.3, 0.4) is 0 Å². The zero-order valence-electron chi connectivity index (χ0n) is 18.0. The molecule has 0 radical (unpaired) electrons. The Morgan fingerprint density at radius 1 is 0.815 bits per heavy atom. The van der Waals surface area contributed by atoms with Crippen molar-refractivity contribution in [3.63, 3.8) is 0 Å². The minimum atomic E-state index is 0. The number of ether oxygens (including phenoxy) is 2. The molecule has 27 heavy (non-hydrogen) atoms. The van der Waals surface area contributed by atoms with Gasteiger partial charge < -0.3 is 20.1 Å². The second-order valence-electron chi connectivity index (χ2n) is 7.55. The molecule has 0 aliphatic heterocycles. The first kappa shape index (κ1) is 25.8. The molecule has 0 aliphatic carbocycles. The highest BCUT2D eigenvalue weighted by Gasteiger charge is 2.05. The Hall–Kier alpha value is -1.18. The van der Waals surface area contributed by atoms with E-state index < -0.39 is 0 Å². The maximum Gasteiger partial charge on any atom is 0.220 e. The van der Waals surface area contributed by atoms with Gasteiger partial charge in [-0.05, 0) is 18.4 Å². The van der Waals surface area contributed by atoms with E-state index in [1.54, 1.807) is 0 Å². The standard InChI is InChI=1S/C20H41N3O4.2H2/c1-6-23(9-13-26-11-7-21-19(24)15-17(2)3)10-14-27-12-8-22-20(25)16-18(4)5;;/h17-18H,6-16H2,1-5H3,(H,21,24)(H,22,25);2*1H. The van der Waals surface area contributed by atoms with Gasteiger partial charge >= 0.3 is 0 Å². The second kappa shape index (κ2) is 17.0. The van der Waals surface area contributed by atoms with Gasteiger partial charge in [-0.1, -0.05) is 34.6 Å². The lowest BCUT2D eigenvalue weighted by molar-refractivity contribution is -0.122. The first-order valence-electron chi connectivity index (χ1n) is 10.3. The SMILES string of the molecule is CCN(CCOCCNC(=O)CC(C)C)CCOCCNC(=O)CC(C)C.[HH].[HH]. The summed E-state index contributed by atoms with van der Waals surface area (Å²) in [7, 11) is 0. The smallest absolute Gasteiger partial charge is 0.220 e. The van der Waals surface area contributed by atoms with Crippen molar-refractivity contribution in [3.8, 4) is 0 Å². The van der Waals surface area contributed by atoms with E-state index in [2.05, 4.69) is 22.5 Å². The van der Waals surface area contributed by atoms with E-state index in [1.165, 1.54) is 0 Å². The van der Waals surface area contributed by atoms with E-state index in [-0.39, 0.29) is 14.7 Å². The Labute approximate surface area is 168 Å². The average Bonchev–Trinajstić information content (AvgIpc) is 2.57. The lowest BCUT2D eigenvalue weighted by Gasteiger charge is -2.20. The number of likely N-dealkylation sites (N-methyl/N-ethyl adjacent to an activating group) is 1. The summed E-state index contributed by atoms with van der Waals surface area (Å²) in [5, 5.41) is 5.72. The first-order chi connectivity index (χ1) is 12.8. The number of nitrogens with one attached hydrogen (secondary N) is 2. The second-order valence-corrected chi connectivity index (χ2v) is 7.55. The van der Waals surface area contributed by atoms with Crippen LogP contribution in [-0.4, -0.2) is 75.9 Å². The topological polar surface area (TPSA) is 79.9 Å². The van der Waals surface area contributed by atoms with Crippen LogP contribution in [-0.2, 0) is 19.1 Å². The molecule has 0 unspecified atom stereocenters. The first-order valence-corrected chi connectivity index (χ1v) is 10.3. The molecule has 0 saturated carbocycles. The molecule has 0 fully saturated rings. The Balaban J connectivity index is -0.00000338. The summed E-state index contributed by atoms with van der Waals surface area (Å²) in [5.41, 5.74) is 0. The van der Waals surface area contributed by atoms with Crippen LogP contribution in [0.15, 0.2) is 0 Å². The lowest BCUT2D eigenvalue weighted by Crippen LogP contribution is -2.33. The van der Waals surface area contributed by atoms with Gasteiger partial charge in [0.15, 0.2) is 0 Å². The fourth-order valence-electron chi connectivity index (χ4n) is 2.43. The number of hydrogen-bond acceptors (Lipinski definition) is 5. The third-order valence-corrected chi connectivity index (χ3v) is 3.88. The summed E-state index contributed by atoms with van der Waals surface area (Å²) in [5.74, 6) is 0.924. The quantitative estimate of drug-likeness (QED) is 0.372. The van der Waals surface area contributed by atoms with Crippen molar-refractivity contribution in [1.82, 2.24) is 15.5 Å². The zero-order chi connectivity index (χ0) is 20.5.